The number of hydrogen-bond donors (Lipinski definition) is 3. The van der Waals surface area contributed by atoms with E-state index < -0.39 is 34.0 Å². The van der Waals surface area contributed by atoms with E-state index in [9.17, 15) is 24.5 Å². The lowest BCUT2D eigenvalue weighted by atomic mass is 10.1. The summed E-state index contributed by atoms with van der Waals surface area (Å²) in [4.78, 5) is 48.4. The van der Waals surface area contributed by atoms with Gasteiger partial charge in [-0.25, -0.2) is 4.79 Å². The smallest absolute Gasteiger partial charge is 0.335 e. The summed E-state index contributed by atoms with van der Waals surface area (Å²) < 4.78 is 0. The number of non-ortho nitro benzene ring substituents is 1. The van der Waals surface area contributed by atoms with Gasteiger partial charge in [-0.15, -0.1) is 0 Å². The molecule has 2 amide bonds. The molecule has 0 aliphatic heterocycles. The molecule has 0 atom stereocenters. The number of pyridine rings is 1. The monoisotopic (exact) mass is 330 g/mol. The summed E-state index contributed by atoms with van der Waals surface area (Å²) >= 11 is 0. The summed E-state index contributed by atoms with van der Waals surface area (Å²) in [6.07, 6.45) is 1.39. The average Bonchev–Trinajstić information content (AvgIpc) is 2.59. The number of hydrazine groups is 1. The van der Waals surface area contributed by atoms with Gasteiger partial charge < -0.3 is 5.11 Å². The van der Waals surface area contributed by atoms with Gasteiger partial charge in [-0.05, 0) is 18.2 Å². The maximum atomic E-state index is 12.0. The van der Waals surface area contributed by atoms with Crippen molar-refractivity contribution in [1.82, 2.24) is 15.8 Å². The minimum Gasteiger partial charge on any atom is -0.478 e. The molecule has 0 aliphatic carbocycles. The summed E-state index contributed by atoms with van der Waals surface area (Å²) in [6, 6.07) is 7.27. The summed E-state index contributed by atoms with van der Waals surface area (Å²) in [7, 11) is 0. The van der Waals surface area contributed by atoms with E-state index in [4.69, 9.17) is 5.11 Å². The van der Waals surface area contributed by atoms with Crippen LogP contribution in [0.4, 0.5) is 5.69 Å². The topological polar surface area (TPSA) is 152 Å². The molecule has 0 fully saturated rings. The Kier molecular flexibility index (Phi) is 4.80. The molecule has 2 aromatic rings. The van der Waals surface area contributed by atoms with Crippen molar-refractivity contribution in [1.29, 1.82) is 0 Å². The van der Waals surface area contributed by atoms with Crippen molar-refractivity contribution in [3.8, 4) is 0 Å². The molecule has 24 heavy (non-hydrogen) atoms. The Hall–Kier alpha value is -3.82. The Labute approximate surface area is 134 Å². The molecule has 122 valence electrons. The SMILES string of the molecule is O=C(O)c1cc(C(=O)NNC(=O)c2ccccn2)cc([N+](=O)[O-])c1. The molecule has 1 aromatic heterocycles. The first kappa shape index (κ1) is 16.5. The quantitative estimate of drug-likeness (QED) is 0.553. The number of aromatic nitrogens is 1. The van der Waals surface area contributed by atoms with Gasteiger partial charge in [-0.2, -0.15) is 0 Å². The highest BCUT2D eigenvalue weighted by molar-refractivity contribution is 6.00. The van der Waals surface area contributed by atoms with Crippen LogP contribution < -0.4 is 10.9 Å². The van der Waals surface area contributed by atoms with Crippen molar-refractivity contribution in [2.24, 2.45) is 0 Å². The molecule has 10 nitrogen and oxygen atoms in total. The highest BCUT2D eigenvalue weighted by Crippen LogP contribution is 2.17. The standard InChI is InChI=1S/C14H10N4O6/c19-12(16-17-13(20)11-3-1-2-4-15-11)8-5-9(14(21)22)7-10(6-8)18(23)24/h1-7H,(H,16,19)(H,17,20)(H,21,22). The van der Waals surface area contributed by atoms with Crippen molar-refractivity contribution in [3.63, 3.8) is 0 Å². The number of nitro groups is 1. The number of benzene rings is 1. The number of carboxylic acid groups (broad SMARTS) is 1. The molecule has 3 N–H and O–H groups in total. The first-order valence-corrected chi connectivity index (χ1v) is 6.43. The molecule has 1 aromatic carbocycles. The lowest BCUT2D eigenvalue weighted by molar-refractivity contribution is -0.384. The number of amides is 2. The summed E-state index contributed by atoms with van der Waals surface area (Å²) in [6.45, 7) is 0. The molecule has 0 spiro atoms. The second-order valence-corrected chi connectivity index (χ2v) is 4.45. The number of carbonyl (C=O) groups excluding carboxylic acids is 2. The zero-order valence-corrected chi connectivity index (χ0v) is 11.9. The van der Waals surface area contributed by atoms with Crippen molar-refractivity contribution in [2.45, 2.75) is 0 Å². The van der Waals surface area contributed by atoms with E-state index in [1.165, 1.54) is 12.3 Å². The van der Waals surface area contributed by atoms with E-state index >= 15 is 0 Å². The van der Waals surface area contributed by atoms with Gasteiger partial charge in [0.25, 0.3) is 17.5 Å². The number of aromatic carboxylic acids is 1. The van der Waals surface area contributed by atoms with Crippen molar-refractivity contribution >= 4 is 23.5 Å². The number of nitro benzene ring substituents is 1. The molecular formula is C14H10N4O6. The van der Waals surface area contributed by atoms with E-state index in [0.717, 1.165) is 18.2 Å². The minimum atomic E-state index is -1.43. The van der Waals surface area contributed by atoms with Gasteiger partial charge in [0.2, 0.25) is 0 Å². The maximum absolute atomic E-state index is 12.0. The van der Waals surface area contributed by atoms with E-state index in [1.807, 2.05) is 5.43 Å². The van der Waals surface area contributed by atoms with Gasteiger partial charge in [-0.3, -0.25) is 35.5 Å². The molecule has 0 saturated heterocycles. The van der Waals surface area contributed by atoms with Gasteiger partial charge in [0.1, 0.15) is 5.69 Å². The molecule has 0 aliphatic rings. The Bertz CT molecular complexity index is 789. The van der Waals surface area contributed by atoms with Crippen LogP contribution in [0, 0.1) is 10.1 Å². The Morgan fingerprint density at radius 1 is 1.04 bits per heavy atom. The summed E-state index contributed by atoms with van der Waals surface area (Å²) in [5, 5.41) is 19.7. The molecule has 0 unspecified atom stereocenters. The first-order valence-electron chi connectivity index (χ1n) is 6.43. The Morgan fingerprint density at radius 2 is 1.71 bits per heavy atom. The zero-order valence-electron chi connectivity index (χ0n) is 11.9. The fraction of sp³-hybridized carbons (Fsp3) is 0. The fourth-order valence-corrected chi connectivity index (χ4v) is 1.72. The molecule has 0 bridgehead atoms. The van der Waals surface area contributed by atoms with Crippen molar-refractivity contribution in [2.75, 3.05) is 0 Å². The van der Waals surface area contributed by atoms with E-state index in [0.29, 0.717) is 0 Å². The van der Waals surface area contributed by atoms with Crippen LogP contribution in [0.15, 0.2) is 42.6 Å². The van der Waals surface area contributed by atoms with Crippen LogP contribution in [0.5, 0.6) is 0 Å². The maximum Gasteiger partial charge on any atom is 0.335 e. The third-order valence-corrected chi connectivity index (χ3v) is 2.82. The van der Waals surface area contributed by atoms with Crippen LogP contribution in [0.3, 0.4) is 0 Å². The molecule has 0 radical (unpaired) electrons. The van der Waals surface area contributed by atoms with Gasteiger partial charge >= 0.3 is 5.97 Å². The van der Waals surface area contributed by atoms with Crippen LogP contribution >= 0.6 is 0 Å². The number of carboxylic acids is 1. The van der Waals surface area contributed by atoms with Crippen LogP contribution in [-0.4, -0.2) is 32.8 Å². The lowest BCUT2D eigenvalue weighted by Crippen LogP contribution is -2.42. The molecule has 0 saturated carbocycles. The lowest BCUT2D eigenvalue weighted by Gasteiger charge is -2.07. The number of carbonyl (C=O) groups is 3. The van der Waals surface area contributed by atoms with Crippen LogP contribution in [0.2, 0.25) is 0 Å². The van der Waals surface area contributed by atoms with Crippen LogP contribution in [-0.2, 0) is 0 Å². The highest BCUT2D eigenvalue weighted by atomic mass is 16.6. The summed E-state index contributed by atoms with van der Waals surface area (Å²) in [5.41, 5.74) is 2.88. The predicted molar refractivity (Wildman–Crippen MR) is 79.2 cm³/mol. The summed E-state index contributed by atoms with van der Waals surface area (Å²) in [5.74, 6) is -3.04. The molecular weight excluding hydrogens is 320 g/mol. The van der Waals surface area contributed by atoms with Gasteiger partial charge in [0.15, 0.2) is 0 Å². The van der Waals surface area contributed by atoms with Crippen molar-refractivity contribution < 1.29 is 24.4 Å². The average molecular weight is 330 g/mol. The normalized spacial score (nSPS) is 9.83. The number of nitrogens with zero attached hydrogens (tertiary/aromatic N) is 2. The van der Waals surface area contributed by atoms with Crippen LogP contribution in [0.25, 0.3) is 0 Å². The Morgan fingerprint density at radius 3 is 2.29 bits per heavy atom. The fourth-order valence-electron chi connectivity index (χ4n) is 1.72. The van der Waals surface area contributed by atoms with Gasteiger partial charge in [-0.1, -0.05) is 6.07 Å². The Balaban J connectivity index is 2.16. The molecule has 1 heterocycles. The van der Waals surface area contributed by atoms with E-state index in [2.05, 4.69) is 10.4 Å². The third-order valence-electron chi connectivity index (χ3n) is 2.82. The molecule has 10 heteroatoms. The predicted octanol–water partition coefficient (Wildman–Crippen LogP) is 0.763. The highest BCUT2D eigenvalue weighted by Gasteiger charge is 2.18. The first-order chi connectivity index (χ1) is 11.4. The molecule has 2 rings (SSSR count). The van der Waals surface area contributed by atoms with E-state index in [1.54, 1.807) is 12.1 Å². The van der Waals surface area contributed by atoms with E-state index in [-0.39, 0.29) is 11.3 Å². The number of nitrogens with one attached hydrogen (secondary N) is 2. The number of rotatable bonds is 4. The third kappa shape index (κ3) is 3.88. The van der Waals surface area contributed by atoms with Gasteiger partial charge in [0, 0.05) is 23.9 Å². The van der Waals surface area contributed by atoms with Gasteiger partial charge in [0.05, 0.1) is 10.5 Å². The van der Waals surface area contributed by atoms with Crippen LogP contribution in [0.1, 0.15) is 31.2 Å². The number of hydrogen-bond acceptors (Lipinski definition) is 6. The second-order valence-electron chi connectivity index (χ2n) is 4.45. The minimum absolute atomic E-state index is 0.0445. The second kappa shape index (κ2) is 6.96. The largest absolute Gasteiger partial charge is 0.478 e. The van der Waals surface area contributed by atoms with Crippen molar-refractivity contribution in [3.05, 3.63) is 69.5 Å². The zero-order chi connectivity index (χ0) is 17.7.